The second-order valence-electron chi connectivity index (χ2n) is 6.36. The third-order valence-electron chi connectivity index (χ3n) is 4.20. The molecule has 0 spiro atoms. The van der Waals surface area contributed by atoms with E-state index < -0.39 is 0 Å². The predicted octanol–water partition coefficient (Wildman–Crippen LogP) is 4.18. The lowest BCUT2D eigenvalue weighted by atomic mass is 10.0. The summed E-state index contributed by atoms with van der Waals surface area (Å²) in [6.07, 6.45) is 1.20. The average molecular weight is 281 g/mol. The second-order valence-corrected chi connectivity index (χ2v) is 6.36. The molecular weight excluding hydrogens is 258 g/mol. The molecule has 110 valence electrons. The van der Waals surface area contributed by atoms with Crippen LogP contribution in [0.4, 0.5) is 0 Å². The molecule has 1 N–H and O–H groups in total. The molecule has 1 aliphatic rings. The second kappa shape index (κ2) is 6.00. The molecule has 1 aliphatic heterocycles. The minimum Gasteiger partial charge on any atom is -0.372 e. The Morgan fingerprint density at radius 1 is 0.952 bits per heavy atom. The van der Waals surface area contributed by atoms with Gasteiger partial charge in [0.15, 0.2) is 0 Å². The number of rotatable bonds is 2. The van der Waals surface area contributed by atoms with Gasteiger partial charge in [0, 0.05) is 18.7 Å². The standard InChI is InChI=1S/C19H23NO/c1-19(2)12-13-21-18(14-20-19)17-10-8-16(9-11-17)15-6-4-3-5-7-15/h3-11,18,20H,12-14H2,1-2H3. The Morgan fingerprint density at radius 2 is 1.62 bits per heavy atom. The fourth-order valence-electron chi connectivity index (χ4n) is 2.71. The van der Waals surface area contributed by atoms with Gasteiger partial charge >= 0.3 is 0 Å². The van der Waals surface area contributed by atoms with Crippen LogP contribution in [0.5, 0.6) is 0 Å². The van der Waals surface area contributed by atoms with Crippen molar-refractivity contribution in [3.63, 3.8) is 0 Å². The molecule has 2 nitrogen and oxygen atoms in total. The first kappa shape index (κ1) is 14.3. The monoisotopic (exact) mass is 281 g/mol. The topological polar surface area (TPSA) is 21.3 Å². The molecular formula is C19H23NO. The molecule has 2 aromatic rings. The zero-order valence-electron chi connectivity index (χ0n) is 12.8. The van der Waals surface area contributed by atoms with Crippen molar-refractivity contribution in [2.75, 3.05) is 13.2 Å². The molecule has 21 heavy (non-hydrogen) atoms. The number of nitrogens with one attached hydrogen (secondary N) is 1. The van der Waals surface area contributed by atoms with E-state index in [2.05, 4.69) is 67.7 Å². The molecule has 0 amide bonds. The highest BCUT2D eigenvalue weighted by atomic mass is 16.5. The summed E-state index contributed by atoms with van der Waals surface area (Å²) in [4.78, 5) is 0. The van der Waals surface area contributed by atoms with Crippen LogP contribution in [0.1, 0.15) is 31.9 Å². The lowest BCUT2D eigenvalue weighted by Gasteiger charge is -2.23. The maximum atomic E-state index is 6.01. The zero-order valence-corrected chi connectivity index (χ0v) is 12.8. The third kappa shape index (κ3) is 3.52. The number of ether oxygens (including phenoxy) is 1. The van der Waals surface area contributed by atoms with Crippen molar-refractivity contribution in [2.45, 2.75) is 31.9 Å². The van der Waals surface area contributed by atoms with Crippen molar-refractivity contribution in [2.24, 2.45) is 0 Å². The van der Waals surface area contributed by atoms with Crippen molar-refractivity contribution in [1.29, 1.82) is 0 Å². The van der Waals surface area contributed by atoms with Crippen LogP contribution in [0, 0.1) is 0 Å². The molecule has 2 aromatic carbocycles. The molecule has 0 bridgehead atoms. The smallest absolute Gasteiger partial charge is 0.0949 e. The Bertz CT molecular complexity index is 574. The van der Waals surface area contributed by atoms with Gasteiger partial charge in [0.05, 0.1) is 6.10 Å². The summed E-state index contributed by atoms with van der Waals surface area (Å²) in [6.45, 7) is 6.15. The largest absolute Gasteiger partial charge is 0.372 e. The van der Waals surface area contributed by atoms with E-state index in [9.17, 15) is 0 Å². The van der Waals surface area contributed by atoms with Gasteiger partial charge in [-0.15, -0.1) is 0 Å². The fraction of sp³-hybridized carbons (Fsp3) is 0.368. The van der Waals surface area contributed by atoms with Gasteiger partial charge in [0.2, 0.25) is 0 Å². The summed E-state index contributed by atoms with van der Waals surface area (Å²) in [5.41, 5.74) is 3.92. The lowest BCUT2D eigenvalue weighted by Crippen LogP contribution is -2.39. The Balaban J connectivity index is 1.75. The van der Waals surface area contributed by atoms with E-state index in [0.717, 1.165) is 19.6 Å². The molecule has 2 heteroatoms. The lowest BCUT2D eigenvalue weighted by molar-refractivity contribution is 0.0656. The van der Waals surface area contributed by atoms with Crippen LogP contribution in [-0.4, -0.2) is 18.7 Å². The quantitative estimate of drug-likeness (QED) is 0.891. The van der Waals surface area contributed by atoms with Gasteiger partial charge in [-0.25, -0.2) is 0 Å². The Morgan fingerprint density at radius 3 is 2.33 bits per heavy atom. The van der Waals surface area contributed by atoms with Crippen LogP contribution in [0.3, 0.4) is 0 Å². The van der Waals surface area contributed by atoms with Gasteiger partial charge in [0.1, 0.15) is 0 Å². The molecule has 1 atom stereocenters. The molecule has 1 heterocycles. The highest BCUT2D eigenvalue weighted by Gasteiger charge is 2.24. The van der Waals surface area contributed by atoms with E-state index in [1.54, 1.807) is 0 Å². The predicted molar refractivity (Wildman–Crippen MR) is 87.3 cm³/mol. The molecule has 0 radical (unpaired) electrons. The Hall–Kier alpha value is -1.64. The van der Waals surface area contributed by atoms with Gasteiger partial charge in [-0.2, -0.15) is 0 Å². The van der Waals surface area contributed by atoms with Gasteiger partial charge in [-0.3, -0.25) is 0 Å². The zero-order chi connectivity index (χ0) is 14.7. The molecule has 1 unspecified atom stereocenters. The fourth-order valence-corrected chi connectivity index (χ4v) is 2.71. The van der Waals surface area contributed by atoms with Gasteiger partial charge < -0.3 is 10.1 Å². The minimum atomic E-state index is 0.150. The Kier molecular flexibility index (Phi) is 4.09. The SMILES string of the molecule is CC1(C)CCOC(c2ccc(-c3ccccc3)cc2)CN1. The first-order valence-corrected chi connectivity index (χ1v) is 7.66. The summed E-state index contributed by atoms with van der Waals surface area (Å²) in [7, 11) is 0. The molecule has 0 saturated carbocycles. The third-order valence-corrected chi connectivity index (χ3v) is 4.20. The summed E-state index contributed by atoms with van der Waals surface area (Å²) in [6, 6.07) is 19.2. The first-order valence-electron chi connectivity index (χ1n) is 7.66. The van der Waals surface area contributed by atoms with E-state index in [1.807, 2.05) is 6.07 Å². The van der Waals surface area contributed by atoms with E-state index in [-0.39, 0.29) is 11.6 Å². The highest BCUT2D eigenvalue weighted by molar-refractivity contribution is 5.63. The number of hydrogen-bond acceptors (Lipinski definition) is 2. The summed E-state index contributed by atoms with van der Waals surface area (Å²) >= 11 is 0. The minimum absolute atomic E-state index is 0.150. The summed E-state index contributed by atoms with van der Waals surface area (Å²) < 4.78 is 6.01. The molecule has 1 saturated heterocycles. The van der Waals surface area contributed by atoms with Gasteiger partial charge in [-0.05, 0) is 37.0 Å². The maximum absolute atomic E-state index is 6.01. The van der Waals surface area contributed by atoms with Crippen molar-refractivity contribution in [3.05, 3.63) is 60.2 Å². The Labute approximate surface area is 127 Å². The van der Waals surface area contributed by atoms with Gasteiger partial charge in [-0.1, -0.05) is 54.6 Å². The maximum Gasteiger partial charge on any atom is 0.0949 e. The highest BCUT2D eigenvalue weighted by Crippen LogP contribution is 2.26. The van der Waals surface area contributed by atoms with Crippen molar-refractivity contribution >= 4 is 0 Å². The van der Waals surface area contributed by atoms with Crippen LogP contribution in [-0.2, 0) is 4.74 Å². The normalized spacial score (nSPS) is 21.7. The van der Waals surface area contributed by atoms with Crippen molar-refractivity contribution in [1.82, 2.24) is 5.32 Å². The van der Waals surface area contributed by atoms with Crippen LogP contribution in [0.25, 0.3) is 11.1 Å². The summed E-state index contributed by atoms with van der Waals surface area (Å²) in [5.74, 6) is 0. The van der Waals surface area contributed by atoms with Crippen LogP contribution >= 0.6 is 0 Å². The average Bonchev–Trinajstić information content (AvgIpc) is 2.69. The van der Waals surface area contributed by atoms with Crippen molar-refractivity contribution in [3.8, 4) is 11.1 Å². The van der Waals surface area contributed by atoms with Crippen LogP contribution < -0.4 is 5.32 Å². The molecule has 1 fully saturated rings. The van der Waals surface area contributed by atoms with E-state index in [0.29, 0.717) is 0 Å². The number of hydrogen-bond donors (Lipinski definition) is 1. The van der Waals surface area contributed by atoms with E-state index in [1.165, 1.54) is 16.7 Å². The number of benzene rings is 2. The molecule has 0 aromatic heterocycles. The first-order chi connectivity index (χ1) is 10.1. The van der Waals surface area contributed by atoms with E-state index >= 15 is 0 Å². The van der Waals surface area contributed by atoms with Crippen LogP contribution in [0.15, 0.2) is 54.6 Å². The van der Waals surface area contributed by atoms with Crippen LogP contribution in [0.2, 0.25) is 0 Å². The summed E-state index contributed by atoms with van der Waals surface area (Å²) in [5, 5.41) is 3.59. The van der Waals surface area contributed by atoms with Crippen molar-refractivity contribution < 1.29 is 4.74 Å². The molecule has 3 rings (SSSR count). The molecule has 0 aliphatic carbocycles. The van der Waals surface area contributed by atoms with Gasteiger partial charge in [0.25, 0.3) is 0 Å². The van der Waals surface area contributed by atoms with E-state index in [4.69, 9.17) is 4.74 Å².